The van der Waals surface area contributed by atoms with Gasteiger partial charge in [0.25, 0.3) is 0 Å². The molecule has 0 saturated heterocycles. The van der Waals surface area contributed by atoms with Crippen molar-refractivity contribution in [3.63, 3.8) is 0 Å². The van der Waals surface area contributed by atoms with Gasteiger partial charge in [0.05, 0.1) is 6.04 Å². The van der Waals surface area contributed by atoms with Gasteiger partial charge in [-0.25, -0.2) is 0 Å². The minimum Gasteiger partial charge on any atom is -0.347 e. The highest BCUT2D eigenvalue weighted by Crippen LogP contribution is 2.04. The maximum Gasteiger partial charge on any atom is 0.217 e. The first kappa shape index (κ1) is 10.5. The molecule has 1 atom stereocenters. The Hall–Kier alpha value is -0.510. The maximum atomic E-state index is 10.5. The Morgan fingerprint density at radius 2 is 2.36 bits per heavy atom. The van der Waals surface area contributed by atoms with Crippen LogP contribution in [-0.2, 0) is 9.59 Å². The third-order valence-electron chi connectivity index (χ3n) is 1.07. The molecule has 0 aromatic rings. The summed E-state index contributed by atoms with van der Waals surface area (Å²) in [7, 11) is 0. The summed E-state index contributed by atoms with van der Waals surface area (Å²) in [6.45, 7) is 1.40. The average Bonchev–Trinajstić information content (AvgIpc) is 1.97. The number of hydrogen-bond donors (Lipinski definition) is 1. The molecule has 1 amide bonds. The van der Waals surface area contributed by atoms with E-state index in [-0.39, 0.29) is 11.9 Å². The normalized spacial score (nSPS) is 12.2. The van der Waals surface area contributed by atoms with Crippen LogP contribution in [0, 0.1) is 5.75 Å². The molecule has 0 unspecified atom stereocenters. The second-order valence-electron chi connectivity index (χ2n) is 2.08. The molecule has 0 aromatic heterocycles. The summed E-state index contributed by atoms with van der Waals surface area (Å²) in [4.78, 5) is 20.8. The van der Waals surface area contributed by atoms with Gasteiger partial charge in [0.2, 0.25) is 5.91 Å². The number of hydrogen-bond acceptors (Lipinski definition) is 3. The molecular weight excluding hydrogens is 162 g/mol. The first-order valence-corrected chi connectivity index (χ1v) is 4.56. The van der Waals surface area contributed by atoms with E-state index in [0.717, 1.165) is 6.29 Å². The Bertz CT molecular complexity index is 138. The van der Waals surface area contributed by atoms with Crippen molar-refractivity contribution in [1.29, 1.82) is 0 Å². The zero-order valence-corrected chi connectivity index (χ0v) is 7.48. The largest absolute Gasteiger partial charge is 0.347 e. The predicted molar refractivity (Wildman–Crippen MR) is 46.1 cm³/mol. The molecule has 0 fully saturated rings. The Balaban J connectivity index is 3.57. The molecule has 0 saturated carbocycles. The van der Waals surface area contributed by atoms with E-state index in [9.17, 15) is 9.59 Å². The van der Waals surface area contributed by atoms with Crippen LogP contribution in [-0.4, -0.2) is 24.5 Å². The molecule has 0 aliphatic rings. The minimum atomic E-state index is -0.361. The third kappa shape index (κ3) is 5.91. The number of thioether (sulfide) groups is 1. The van der Waals surface area contributed by atoms with Crippen molar-refractivity contribution in [2.24, 2.45) is 0 Å². The van der Waals surface area contributed by atoms with Gasteiger partial charge in [-0.05, 0) is 12.7 Å². The van der Waals surface area contributed by atoms with E-state index in [0.29, 0.717) is 6.42 Å². The van der Waals surface area contributed by atoms with Gasteiger partial charge < -0.3 is 10.1 Å². The van der Waals surface area contributed by atoms with Gasteiger partial charge in [-0.1, -0.05) is 0 Å². The summed E-state index contributed by atoms with van der Waals surface area (Å²) in [5, 5.41) is 2.51. The maximum absolute atomic E-state index is 10.5. The van der Waals surface area contributed by atoms with Gasteiger partial charge in [0.1, 0.15) is 6.29 Å². The second kappa shape index (κ2) is 6.22. The Morgan fingerprint density at radius 3 is 2.73 bits per heavy atom. The lowest BCUT2D eigenvalue weighted by atomic mass is 10.2. The fourth-order valence-electron chi connectivity index (χ4n) is 0.609. The SMILES string of the molecule is CS[CH]C[C@@H](C=O)NC(C)=O. The Morgan fingerprint density at radius 1 is 1.73 bits per heavy atom. The highest BCUT2D eigenvalue weighted by molar-refractivity contribution is 8.00. The smallest absolute Gasteiger partial charge is 0.217 e. The van der Waals surface area contributed by atoms with Crippen LogP contribution in [0.15, 0.2) is 0 Å². The predicted octanol–water partition coefficient (Wildman–Crippen LogP) is 0.605. The molecular formula is C7H12NO2S. The first-order valence-electron chi connectivity index (χ1n) is 3.27. The topological polar surface area (TPSA) is 46.2 Å². The average molecular weight is 174 g/mol. The van der Waals surface area contributed by atoms with E-state index in [1.54, 1.807) is 0 Å². The van der Waals surface area contributed by atoms with E-state index in [1.165, 1.54) is 18.7 Å². The number of aldehydes is 1. The van der Waals surface area contributed by atoms with Crippen LogP contribution in [0.5, 0.6) is 0 Å². The van der Waals surface area contributed by atoms with E-state index >= 15 is 0 Å². The van der Waals surface area contributed by atoms with E-state index < -0.39 is 0 Å². The van der Waals surface area contributed by atoms with Crippen LogP contribution in [0.2, 0.25) is 0 Å². The zero-order valence-electron chi connectivity index (χ0n) is 6.66. The molecule has 0 aromatic carbocycles. The Labute approximate surface area is 70.9 Å². The van der Waals surface area contributed by atoms with Crippen molar-refractivity contribution < 1.29 is 9.59 Å². The summed E-state index contributed by atoms with van der Waals surface area (Å²) in [6, 6.07) is -0.361. The van der Waals surface area contributed by atoms with Gasteiger partial charge in [0.15, 0.2) is 0 Å². The molecule has 0 aliphatic heterocycles. The van der Waals surface area contributed by atoms with E-state index in [1.807, 2.05) is 12.0 Å². The fraction of sp³-hybridized carbons (Fsp3) is 0.571. The minimum absolute atomic E-state index is 0.170. The summed E-state index contributed by atoms with van der Waals surface area (Å²) >= 11 is 1.54. The quantitative estimate of drug-likeness (QED) is 0.621. The highest BCUT2D eigenvalue weighted by Gasteiger charge is 2.06. The number of amides is 1. The molecule has 11 heavy (non-hydrogen) atoms. The molecule has 1 N–H and O–H groups in total. The lowest BCUT2D eigenvalue weighted by Gasteiger charge is -2.08. The van der Waals surface area contributed by atoms with Gasteiger partial charge >= 0.3 is 0 Å². The van der Waals surface area contributed by atoms with Gasteiger partial charge in [-0.15, -0.1) is 0 Å². The summed E-state index contributed by atoms with van der Waals surface area (Å²) in [5.74, 6) is 1.71. The molecule has 0 rings (SSSR count). The van der Waals surface area contributed by atoms with Crippen molar-refractivity contribution >= 4 is 24.0 Å². The lowest BCUT2D eigenvalue weighted by Crippen LogP contribution is -2.34. The molecule has 4 heteroatoms. The molecule has 3 nitrogen and oxygen atoms in total. The molecule has 0 bridgehead atoms. The summed E-state index contributed by atoms with van der Waals surface area (Å²) in [6.07, 6.45) is 3.24. The monoisotopic (exact) mass is 174 g/mol. The van der Waals surface area contributed by atoms with E-state index in [2.05, 4.69) is 5.32 Å². The van der Waals surface area contributed by atoms with Crippen molar-refractivity contribution in [3.05, 3.63) is 5.75 Å². The van der Waals surface area contributed by atoms with Crippen molar-refractivity contribution in [1.82, 2.24) is 5.32 Å². The van der Waals surface area contributed by atoms with Crippen molar-refractivity contribution in [2.45, 2.75) is 19.4 Å². The second-order valence-corrected chi connectivity index (χ2v) is 2.89. The molecule has 1 radical (unpaired) electrons. The van der Waals surface area contributed by atoms with Crippen LogP contribution in [0.25, 0.3) is 0 Å². The van der Waals surface area contributed by atoms with Crippen LogP contribution >= 0.6 is 11.8 Å². The number of nitrogens with one attached hydrogen (secondary N) is 1. The van der Waals surface area contributed by atoms with Gasteiger partial charge in [-0.2, -0.15) is 11.8 Å². The van der Waals surface area contributed by atoms with E-state index in [4.69, 9.17) is 0 Å². The standard InChI is InChI=1S/C7H12NO2S/c1-6(10)8-7(5-9)3-4-11-2/h4-5,7H,3H2,1-2H3,(H,8,10)/t7-/m0/s1. The first-order chi connectivity index (χ1) is 5.20. The third-order valence-corrected chi connectivity index (χ3v) is 1.60. The molecule has 63 valence electrons. The molecule has 0 heterocycles. The Kier molecular flexibility index (Phi) is 5.93. The van der Waals surface area contributed by atoms with Gasteiger partial charge in [-0.3, -0.25) is 4.79 Å². The highest BCUT2D eigenvalue weighted by atomic mass is 32.2. The molecule has 0 spiro atoms. The number of carbonyl (C=O) groups excluding carboxylic acids is 2. The number of rotatable bonds is 5. The number of carbonyl (C=O) groups is 2. The van der Waals surface area contributed by atoms with Crippen LogP contribution < -0.4 is 5.32 Å². The van der Waals surface area contributed by atoms with Crippen molar-refractivity contribution in [3.8, 4) is 0 Å². The fourth-order valence-corrected chi connectivity index (χ4v) is 1.01. The van der Waals surface area contributed by atoms with Crippen LogP contribution in [0.1, 0.15) is 13.3 Å². The van der Waals surface area contributed by atoms with Crippen molar-refractivity contribution in [2.75, 3.05) is 6.26 Å². The zero-order chi connectivity index (χ0) is 8.69. The molecule has 0 aliphatic carbocycles. The summed E-state index contributed by atoms with van der Waals surface area (Å²) in [5.41, 5.74) is 0. The summed E-state index contributed by atoms with van der Waals surface area (Å²) < 4.78 is 0. The lowest BCUT2D eigenvalue weighted by molar-refractivity contribution is -0.122. The van der Waals surface area contributed by atoms with Crippen LogP contribution in [0.3, 0.4) is 0 Å². The van der Waals surface area contributed by atoms with Gasteiger partial charge in [0, 0.05) is 12.7 Å². The van der Waals surface area contributed by atoms with Crippen LogP contribution in [0.4, 0.5) is 0 Å².